The van der Waals surface area contributed by atoms with Crippen LogP contribution in [0.25, 0.3) is 0 Å². The Bertz CT molecular complexity index is 831. The van der Waals surface area contributed by atoms with Gasteiger partial charge in [-0.25, -0.2) is 9.59 Å². The maximum atomic E-state index is 11.8. The second-order valence-corrected chi connectivity index (χ2v) is 5.77. The molecule has 0 saturated carbocycles. The summed E-state index contributed by atoms with van der Waals surface area (Å²) in [6, 6.07) is 11.4. The molecule has 10 heteroatoms. The number of thiophene rings is 1. The minimum atomic E-state index is -1.82. The molecule has 1 amide bonds. The van der Waals surface area contributed by atoms with Crippen molar-refractivity contribution in [3.05, 3.63) is 46.8 Å². The third kappa shape index (κ3) is 7.55. The third-order valence-corrected chi connectivity index (χ3v) is 3.84. The van der Waals surface area contributed by atoms with E-state index in [1.54, 1.807) is 18.6 Å². The third-order valence-electron chi connectivity index (χ3n) is 3.02. The molecule has 1 aromatic carbocycles. The predicted octanol–water partition coefficient (Wildman–Crippen LogP) is 1.51. The molecule has 142 valence electrons. The van der Waals surface area contributed by atoms with Gasteiger partial charge in [-0.1, -0.05) is 18.2 Å². The van der Waals surface area contributed by atoms with Gasteiger partial charge in [-0.15, -0.1) is 11.3 Å². The summed E-state index contributed by atoms with van der Waals surface area (Å²) < 4.78 is 5.24. The zero-order chi connectivity index (χ0) is 20.2. The molecule has 2 aromatic rings. The molecule has 0 aliphatic rings. The Kier molecular flexibility index (Phi) is 9.01. The van der Waals surface area contributed by atoms with Crippen LogP contribution in [0.2, 0.25) is 0 Å². The minimum absolute atomic E-state index is 0.167. The first-order valence-electron chi connectivity index (χ1n) is 7.45. The van der Waals surface area contributed by atoms with Crippen molar-refractivity contribution in [2.75, 3.05) is 19.0 Å². The highest BCUT2D eigenvalue weighted by Crippen LogP contribution is 2.21. The molecule has 0 unspecified atom stereocenters. The fourth-order valence-electron chi connectivity index (χ4n) is 1.82. The van der Waals surface area contributed by atoms with E-state index >= 15 is 0 Å². The average Bonchev–Trinajstić information content (AvgIpc) is 3.09. The van der Waals surface area contributed by atoms with E-state index in [4.69, 9.17) is 29.8 Å². The number of methoxy groups -OCH3 is 1. The highest BCUT2D eigenvalue weighted by atomic mass is 32.1. The van der Waals surface area contributed by atoms with Gasteiger partial charge in [0.2, 0.25) is 5.91 Å². The van der Waals surface area contributed by atoms with Crippen LogP contribution in [0.5, 0.6) is 5.75 Å². The van der Waals surface area contributed by atoms with Crippen LogP contribution in [-0.4, -0.2) is 41.7 Å². The molecule has 0 fully saturated rings. The van der Waals surface area contributed by atoms with E-state index in [0.29, 0.717) is 17.1 Å². The zero-order valence-corrected chi connectivity index (χ0v) is 15.1. The second-order valence-electron chi connectivity index (χ2n) is 4.85. The van der Waals surface area contributed by atoms with Gasteiger partial charge in [-0.3, -0.25) is 4.79 Å². The smallest absolute Gasteiger partial charge is 0.414 e. The van der Waals surface area contributed by atoms with Crippen LogP contribution >= 0.6 is 11.3 Å². The van der Waals surface area contributed by atoms with Gasteiger partial charge in [-0.05, 0) is 17.5 Å². The molecular weight excluding hydrogens is 374 g/mol. The summed E-state index contributed by atoms with van der Waals surface area (Å²) in [5.74, 6) is -3.04. The fraction of sp³-hybridized carbons (Fsp3) is 0.176. The van der Waals surface area contributed by atoms with Crippen LogP contribution in [0.15, 0.2) is 35.7 Å². The Labute approximate surface area is 158 Å². The van der Waals surface area contributed by atoms with E-state index in [0.717, 1.165) is 11.3 Å². The number of nitriles is 1. The Morgan fingerprint density at radius 2 is 1.85 bits per heavy atom. The van der Waals surface area contributed by atoms with Crippen LogP contribution in [0.1, 0.15) is 11.1 Å². The first-order chi connectivity index (χ1) is 12.9. The maximum Gasteiger partial charge on any atom is 0.414 e. The average molecular weight is 391 g/mol. The topological polar surface area (TPSA) is 149 Å². The monoisotopic (exact) mass is 391 g/mol. The molecule has 0 bridgehead atoms. The fourth-order valence-corrected chi connectivity index (χ4v) is 2.58. The van der Waals surface area contributed by atoms with E-state index in [1.807, 2.05) is 30.3 Å². The Hall–Kier alpha value is -3.42. The molecule has 0 spiro atoms. The number of hydrogen-bond acceptors (Lipinski definition) is 7. The van der Waals surface area contributed by atoms with E-state index in [-0.39, 0.29) is 12.5 Å². The first kappa shape index (κ1) is 21.6. The summed E-state index contributed by atoms with van der Waals surface area (Å²) in [5, 5.41) is 31.8. The molecule has 0 atom stereocenters. The number of nitrogens with one attached hydrogen (secondary N) is 2. The standard InChI is InChI=1S/C15H15N3O2S.C2H2O4/c1-20-13-5-3-2-4-12(13)9-17-10-14(19)18-15-11(8-16)6-7-21-15;3-1(4)2(5)6/h2-7,17H,9-10H2,1H3,(H,18,19);(H,3,4)(H,5,6). The molecule has 0 radical (unpaired) electrons. The molecule has 1 heterocycles. The van der Waals surface area contributed by atoms with E-state index in [2.05, 4.69) is 10.6 Å². The van der Waals surface area contributed by atoms with Gasteiger partial charge < -0.3 is 25.6 Å². The zero-order valence-electron chi connectivity index (χ0n) is 14.3. The van der Waals surface area contributed by atoms with Gasteiger partial charge in [0, 0.05) is 12.1 Å². The number of carboxylic acid groups (broad SMARTS) is 2. The number of benzene rings is 1. The number of aliphatic carboxylic acids is 2. The number of carbonyl (C=O) groups excluding carboxylic acids is 1. The van der Waals surface area contributed by atoms with Crippen molar-refractivity contribution < 1.29 is 29.3 Å². The molecule has 9 nitrogen and oxygen atoms in total. The van der Waals surface area contributed by atoms with Gasteiger partial charge in [0.15, 0.2) is 0 Å². The Morgan fingerprint density at radius 1 is 1.19 bits per heavy atom. The summed E-state index contributed by atoms with van der Waals surface area (Å²) in [4.78, 5) is 30.0. The Morgan fingerprint density at radius 3 is 2.44 bits per heavy atom. The quantitative estimate of drug-likeness (QED) is 0.542. The molecular formula is C17H17N3O6S. The van der Waals surface area contributed by atoms with Crippen molar-refractivity contribution >= 4 is 34.2 Å². The molecule has 1 aromatic heterocycles. The van der Waals surface area contributed by atoms with Crippen molar-refractivity contribution in [3.63, 3.8) is 0 Å². The van der Waals surface area contributed by atoms with Crippen LogP contribution in [-0.2, 0) is 20.9 Å². The first-order valence-corrected chi connectivity index (χ1v) is 8.33. The van der Waals surface area contributed by atoms with Gasteiger partial charge in [0.1, 0.15) is 16.8 Å². The van der Waals surface area contributed by atoms with Crippen molar-refractivity contribution in [1.29, 1.82) is 5.26 Å². The van der Waals surface area contributed by atoms with Crippen LogP contribution in [0.3, 0.4) is 0 Å². The number of anilines is 1. The molecule has 0 aliphatic heterocycles. The van der Waals surface area contributed by atoms with Crippen LogP contribution in [0, 0.1) is 11.3 Å². The molecule has 0 saturated heterocycles. The largest absolute Gasteiger partial charge is 0.496 e. The normalized spacial score (nSPS) is 9.33. The number of carbonyl (C=O) groups is 3. The second kappa shape index (κ2) is 11.2. The van der Waals surface area contributed by atoms with Gasteiger partial charge in [0.25, 0.3) is 0 Å². The number of nitrogens with zero attached hydrogens (tertiary/aromatic N) is 1. The number of ether oxygens (including phenoxy) is 1. The highest BCUT2D eigenvalue weighted by molar-refractivity contribution is 7.14. The number of rotatable bonds is 6. The van der Waals surface area contributed by atoms with Crippen LogP contribution < -0.4 is 15.4 Å². The van der Waals surface area contributed by atoms with Crippen molar-refractivity contribution in [2.45, 2.75) is 6.54 Å². The van der Waals surface area contributed by atoms with E-state index < -0.39 is 11.9 Å². The maximum absolute atomic E-state index is 11.8. The molecule has 0 aliphatic carbocycles. The van der Waals surface area contributed by atoms with Crippen molar-refractivity contribution in [1.82, 2.24) is 5.32 Å². The lowest BCUT2D eigenvalue weighted by Crippen LogP contribution is -2.27. The Balaban J connectivity index is 0.000000527. The van der Waals surface area contributed by atoms with E-state index in [1.165, 1.54) is 11.3 Å². The van der Waals surface area contributed by atoms with Gasteiger partial charge in [-0.2, -0.15) is 5.26 Å². The van der Waals surface area contributed by atoms with Gasteiger partial charge in [0.05, 0.1) is 19.2 Å². The van der Waals surface area contributed by atoms with Crippen molar-refractivity contribution in [3.8, 4) is 11.8 Å². The lowest BCUT2D eigenvalue weighted by atomic mass is 10.2. The van der Waals surface area contributed by atoms with Crippen LogP contribution in [0.4, 0.5) is 5.00 Å². The summed E-state index contributed by atoms with van der Waals surface area (Å²) in [6.45, 7) is 0.702. The number of para-hydroxylation sites is 1. The number of amides is 1. The minimum Gasteiger partial charge on any atom is -0.496 e. The lowest BCUT2D eigenvalue weighted by Gasteiger charge is -2.09. The molecule has 4 N–H and O–H groups in total. The van der Waals surface area contributed by atoms with E-state index in [9.17, 15) is 4.79 Å². The summed E-state index contributed by atoms with van der Waals surface area (Å²) >= 11 is 1.34. The lowest BCUT2D eigenvalue weighted by molar-refractivity contribution is -0.159. The summed E-state index contributed by atoms with van der Waals surface area (Å²) in [5.41, 5.74) is 1.47. The highest BCUT2D eigenvalue weighted by Gasteiger charge is 2.08. The summed E-state index contributed by atoms with van der Waals surface area (Å²) in [7, 11) is 1.62. The summed E-state index contributed by atoms with van der Waals surface area (Å²) in [6.07, 6.45) is 0. The number of hydrogen-bond donors (Lipinski definition) is 4. The van der Waals surface area contributed by atoms with Gasteiger partial charge >= 0.3 is 11.9 Å². The predicted molar refractivity (Wildman–Crippen MR) is 97.6 cm³/mol. The van der Waals surface area contributed by atoms with Crippen molar-refractivity contribution in [2.24, 2.45) is 0 Å². The number of carboxylic acids is 2. The SMILES string of the molecule is COc1ccccc1CNCC(=O)Nc1sccc1C#N.O=C(O)C(=O)O. The molecule has 27 heavy (non-hydrogen) atoms. The molecule has 2 rings (SSSR count).